The van der Waals surface area contributed by atoms with Crippen LogP contribution >= 0.6 is 34.8 Å². The van der Waals surface area contributed by atoms with E-state index in [4.69, 9.17) is 49.2 Å². The number of hydrogen-bond acceptors (Lipinski definition) is 4. The average Bonchev–Trinajstić information content (AvgIpc) is 3.49. The second kappa shape index (κ2) is 9.61. The van der Waals surface area contributed by atoms with Crippen molar-refractivity contribution in [2.24, 2.45) is 0 Å². The van der Waals surface area contributed by atoms with Gasteiger partial charge in [0, 0.05) is 23.7 Å². The minimum absolute atomic E-state index is 0.104. The van der Waals surface area contributed by atoms with Crippen molar-refractivity contribution in [2.75, 3.05) is 6.61 Å². The Morgan fingerprint density at radius 2 is 1.87 bits per heavy atom. The summed E-state index contributed by atoms with van der Waals surface area (Å²) in [5.41, 5.74) is 3.26. The molecule has 1 saturated carbocycles. The van der Waals surface area contributed by atoms with E-state index in [-0.39, 0.29) is 10.6 Å². The van der Waals surface area contributed by atoms with Crippen LogP contribution in [0.25, 0.3) is 11.3 Å². The number of aromatic nitrogens is 1. The molecule has 1 aromatic heterocycles. The Kier molecular flexibility index (Phi) is 6.87. The Morgan fingerprint density at radius 1 is 1.13 bits per heavy atom. The molecule has 1 aliphatic rings. The lowest BCUT2D eigenvalue weighted by Crippen LogP contribution is -2.01. The van der Waals surface area contributed by atoms with E-state index in [1.54, 1.807) is 30.3 Å². The van der Waals surface area contributed by atoms with Gasteiger partial charge in [-0.15, -0.1) is 0 Å². The summed E-state index contributed by atoms with van der Waals surface area (Å²) >= 11 is 18.8. The fraction of sp³-hybridized carbons (Fsp3) is 0.304. The smallest absolute Gasteiger partial charge is 0.337 e. The topological polar surface area (TPSA) is 72.6 Å². The maximum absolute atomic E-state index is 11.1. The van der Waals surface area contributed by atoms with Crippen LogP contribution in [0, 0.1) is 0 Å². The number of nitrogens with zero attached hydrogens (tertiary/aromatic N) is 1. The van der Waals surface area contributed by atoms with E-state index in [9.17, 15) is 4.79 Å². The molecule has 5 nitrogen and oxygen atoms in total. The van der Waals surface area contributed by atoms with Gasteiger partial charge in [-0.05, 0) is 55.5 Å². The van der Waals surface area contributed by atoms with Crippen molar-refractivity contribution in [3.8, 4) is 11.3 Å². The number of rotatable bonds is 9. The highest BCUT2D eigenvalue weighted by atomic mass is 35.5. The molecule has 0 saturated heterocycles. The zero-order valence-corrected chi connectivity index (χ0v) is 18.8. The van der Waals surface area contributed by atoms with Crippen molar-refractivity contribution in [3.05, 3.63) is 73.9 Å². The van der Waals surface area contributed by atoms with Gasteiger partial charge in [0.25, 0.3) is 0 Å². The van der Waals surface area contributed by atoms with E-state index in [1.165, 1.54) is 6.07 Å². The number of carboxylic acids is 1. The number of hydrogen-bond donors (Lipinski definition) is 1. The lowest BCUT2D eigenvalue weighted by Gasteiger charge is -2.09. The molecule has 1 aliphatic carbocycles. The molecule has 162 valence electrons. The predicted molar refractivity (Wildman–Crippen MR) is 120 cm³/mol. The summed E-state index contributed by atoms with van der Waals surface area (Å²) < 4.78 is 11.6. The van der Waals surface area contributed by atoms with E-state index in [0.29, 0.717) is 40.4 Å². The van der Waals surface area contributed by atoms with E-state index in [1.807, 2.05) is 0 Å². The van der Waals surface area contributed by atoms with Crippen molar-refractivity contribution >= 4 is 40.8 Å². The molecular weight excluding hydrogens is 461 g/mol. The van der Waals surface area contributed by atoms with Crippen molar-refractivity contribution in [2.45, 2.75) is 38.2 Å². The molecule has 0 bridgehead atoms. The van der Waals surface area contributed by atoms with Crippen LogP contribution in [0.5, 0.6) is 0 Å². The summed E-state index contributed by atoms with van der Waals surface area (Å²) in [6.07, 6.45) is 3.63. The fourth-order valence-corrected chi connectivity index (χ4v) is 4.35. The second-order valence-corrected chi connectivity index (χ2v) is 8.74. The molecule has 0 radical (unpaired) electrons. The number of ether oxygens (including phenoxy) is 1. The van der Waals surface area contributed by atoms with Gasteiger partial charge in [0.15, 0.2) is 0 Å². The van der Waals surface area contributed by atoms with Crippen molar-refractivity contribution in [1.29, 1.82) is 0 Å². The van der Waals surface area contributed by atoms with Crippen molar-refractivity contribution in [3.63, 3.8) is 0 Å². The molecular formula is C23H20Cl3NO4. The molecule has 4 rings (SSSR count). The van der Waals surface area contributed by atoms with Crippen molar-refractivity contribution < 1.29 is 19.2 Å². The maximum Gasteiger partial charge on any atom is 0.337 e. The second-order valence-electron chi connectivity index (χ2n) is 7.52. The summed E-state index contributed by atoms with van der Waals surface area (Å²) in [7, 11) is 0. The van der Waals surface area contributed by atoms with Crippen LogP contribution in [0.4, 0.5) is 0 Å². The monoisotopic (exact) mass is 479 g/mol. The first kappa shape index (κ1) is 22.2. The number of carbonyl (C=O) groups is 1. The van der Waals surface area contributed by atoms with Gasteiger partial charge < -0.3 is 14.4 Å². The number of carboxylic acid groups (broad SMARTS) is 1. The minimum atomic E-state index is -1.03. The van der Waals surface area contributed by atoms with Gasteiger partial charge >= 0.3 is 5.97 Å². The highest BCUT2D eigenvalue weighted by Gasteiger charge is 2.33. The van der Waals surface area contributed by atoms with Gasteiger partial charge in [-0.25, -0.2) is 4.79 Å². The van der Waals surface area contributed by atoms with Crippen molar-refractivity contribution in [1.82, 2.24) is 5.16 Å². The Balaban J connectivity index is 1.40. The van der Waals surface area contributed by atoms with Crippen LogP contribution in [0.1, 0.15) is 52.4 Å². The van der Waals surface area contributed by atoms with Crippen LogP contribution < -0.4 is 0 Å². The number of aromatic carboxylic acids is 1. The summed E-state index contributed by atoms with van der Waals surface area (Å²) in [5, 5.41) is 14.6. The van der Waals surface area contributed by atoms with Crippen LogP contribution in [0.3, 0.4) is 0 Å². The van der Waals surface area contributed by atoms with Gasteiger partial charge in [-0.1, -0.05) is 52.1 Å². The summed E-state index contributed by atoms with van der Waals surface area (Å²) in [4.78, 5) is 11.1. The molecule has 0 spiro atoms. The first-order chi connectivity index (χ1) is 15.0. The van der Waals surface area contributed by atoms with E-state index in [2.05, 4.69) is 5.16 Å². The maximum atomic E-state index is 11.1. The molecule has 1 heterocycles. The molecule has 1 N–H and O–H groups in total. The molecule has 0 amide bonds. The zero-order chi connectivity index (χ0) is 22.0. The normalized spacial score (nSPS) is 13.5. The Labute approximate surface area is 194 Å². The first-order valence-electron chi connectivity index (χ1n) is 9.98. The van der Waals surface area contributed by atoms with Gasteiger partial charge in [0.2, 0.25) is 0 Å². The van der Waals surface area contributed by atoms with E-state index < -0.39 is 5.97 Å². The minimum Gasteiger partial charge on any atom is -0.478 e. The molecule has 0 aliphatic heterocycles. The van der Waals surface area contributed by atoms with Crippen LogP contribution in [0.2, 0.25) is 15.1 Å². The standard InChI is InChI=1S/C23H20Cl3NO4/c24-17-4-1-5-18(25)20(17)21-16(22(31-27-21)14-7-8-14)12-30-10-2-3-13-6-9-15(23(28)29)19(26)11-13/h1,4-6,9,11,14H,2-3,7-8,10,12H2,(H,28,29). The SMILES string of the molecule is O=C(O)c1ccc(CCCOCc2c(-c3c(Cl)cccc3Cl)noc2C2CC2)cc1Cl. The van der Waals surface area contributed by atoms with E-state index in [0.717, 1.165) is 42.6 Å². The van der Waals surface area contributed by atoms with Crippen LogP contribution in [-0.2, 0) is 17.8 Å². The first-order valence-corrected chi connectivity index (χ1v) is 11.1. The third-order valence-electron chi connectivity index (χ3n) is 5.23. The molecule has 0 atom stereocenters. The summed E-state index contributed by atoms with van der Waals surface area (Å²) in [6.45, 7) is 0.869. The Bertz CT molecular complexity index is 1090. The molecule has 3 aromatic rings. The highest BCUT2D eigenvalue weighted by Crippen LogP contribution is 2.46. The summed E-state index contributed by atoms with van der Waals surface area (Å²) in [5.74, 6) is 0.188. The van der Waals surface area contributed by atoms with Gasteiger partial charge in [-0.3, -0.25) is 0 Å². The lowest BCUT2D eigenvalue weighted by molar-refractivity contribution is 0.0697. The van der Waals surface area contributed by atoms with Crippen LogP contribution in [-0.4, -0.2) is 22.8 Å². The van der Waals surface area contributed by atoms with Gasteiger partial charge in [-0.2, -0.15) is 0 Å². The number of halogens is 3. The Hall–Kier alpha value is -2.05. The van der Waals surface area contributed by atoms with E-state index >= 15 is 0 Å². The lowest BCUT2D eigenvalue weighted by atomic mass is 10.0. The largest absolute Gasteiger partial charge is 0.478 e. The number of benzene rings is 2. The van der Waals surface area contributed by atoms with Gasteiger partial charge in [0.1, 0.15) is 11.5 Å². The quantitative estimate of drug-likeness (QED) is 0.333. The zero-order valence-electron chi connectivity index (χ0n) is 16.5. The number of aryl methyl sites for hydroxylation is 1. The third-order valence-corrected chi connectivity index (χ3v) is 6.17. The summed E-state index contributed by atoms with van der Waals surface area (Å²) in [6, 6.07) is 10.3. The molecule has 0 unspecified atom stereocenters. The highest BCUT2D eigenvalue weighted by molar-refractivity contribution is 6.39. The molecule has 8 heteroatoms. The Morgan fingerprint density at radius 3 is 2.52 bits per heavy atom. The average molecular weight is 481 g/mol. The molecule has 2 aromatic carbocycles. The molecule has 31 heavy (non-hydrogen) atoms. The molecule has 1 fully saturated rings. The predicted octanol–water partition coefficient (Wildman–Crippen LogP) is 7.03. The van der Waals surface area contributed by atoms with Crippen LogP contribution in [0.15, 0.2) is 40.9 Å². The van der Waals surface area contributed by atoms with Gasteiger partial charge in [0.05, 0.1) is 27.2 Å². The third kappa shape index (κ3) is 5.07. The fourth-order valence-electron chi connectivity index (χ4n) is 3.49.